The molecule has 18 heavy (non-hydrogen) atoms. The molecule has 0 radical (unpaired) electrons. The Balaban J connectivity index is 2.02. The van der Waals surface area contributed by atoms with Crippen molar-refractivity contribution >= 4 is 0 Å². The van der Waals surface area contributed by atoms with Gasteiger partial charge in [0, 0.05) is 17.8 Å². The van der Waals surface area contributed by atoms with Gasteiger partial charge in [-0.15, -0.1) is 0 Å². The lowest BCUT2D eigenvalue weighted by atomic mass is 10.2. The standard InChI is InChI=1S/C15H18N2O/c1-2-3-7-12-18-14-10-11-16-15(17-14)13-8-5-4-6-9-13/h4-6,8-11H,2-3,7,12H2,1H3. The molecular formula is C15H18N2O. The number of unbranched alkanes of at least 4 members (excludes halogenated alkanes) is 2. The van der Waals surface area contributed by atoms with E-state index in [4.69, 9.17) is 4.74 Å². The quantitative estimate of drug-likeness (QED) is 0.724. The normalized spacial score (nSPS) is 10.3. The second-order valence-electron chi connectivity index (χ2n) is 4.14. The molecule has 0 unspecified atom stereocenters. The molecule has 94 valence electrons. The number of benzene rings is 1. The van der Waals surface area contributed by atoms with Crippen LogP contribution in [0.25, 0.3) is 11.4 Å². The van der Waals surface area contributed by atoms with Crippen LogP contribution in [0.1, 0.15) is 26.2 Å². The fourth-order valence-corrected chi connectivity index (χ4v) is 1.68. The lowest BCUT2D eigenvalue weighted by molar-refractivity contribution is 0.295. The van der Waals surface area contributed by atoms with E-state index in [9.17, 15) is 0 Å². The van der Waals surface area contributed by atoms with Crippen LogP contribution in [0.3, 0.4) is 0 Å². The first-order valence-electron chi connectivity index (χ1n) is 6.41. The number of rotatable bonds is 6. The average Bonchev–Trinajstić information content (AvgIpc) is 2.45. The first-order valence-corrected chi connectivity index (χ1v) is 6.41. The highest BCUT2D eigenvalue weighted by Crippen LogP contribution is 2.16. The van der Waals surface area contributed by atoms with Crippen LogP contribution in [0, 0.1) is 0 Å². The lowest BCUT2D eigenvalue weighted by Gasteiger charge is -2.06. The first kappa shape index (κ1) is 12.6. The van der Waals surface area contributed by atoms with Crippen LogP contribution in [0.2, 0.25) is 0 Å². The minimum atomic E-state index is 0.653. The van der Waals surface area contributed by atoms with Crippen molar-refractivity contribution in [2.75, 3.05) is 6.61 Å². The molecule has 2 rings (SSSR count). The van der Waals surface area contributed by atoms with Crippen molar-refractivity contribution in [1.29, 1.82) is 0 Å². The average molecular weight is 242 g/mol. The zero-order chi connectivity index (χ0) is 12.6. The summed E-state index contributed by atoms with van der Waals surface area (Å²) in [7, 11) is 0. The van der Waals surface area contributed by atoms with E-state index >= 15 is 0 Å². The molecule has 3 nitrogen and oxygen atoms in total. The van der Waals surface area contributed by atoms with Gasteiger partial charge in [-0.25, -0.2) is 4.98 Å². The molecule has 2 aromatic rings. The Hall–Kier alpha value is -1.90. The van der Waals surface area contributed by atoms with Crippen molar-refractivity contribution in [3.8, 4) is 17.3 Å². The number of aromatic nitrogens is 2. The van der Waals surface area contributed by atoms with E-state index in [1.807, 2.05) is 30.3 Å². The molecule has 0 spiro atoms. The summed E-state index contributed by atoms with van der Waals surface area (Å²) < 4.78 is 5.62. The van der Waals surface area contributed by atoms with Crippen LogP contribution in [0.5, 0.6) is 5.88 Å². The first-order chi connectivity index (χ1) is 8.90. The number of nitrogens with zero attached hydrogens (tertiary/aromatic N) is 2. The molecule has 0 atom stereocenters. The summed E-state index contributed by atoms with van der Waals surface area (Å²) in [6.45, 7) is 2.90. The zero-order valence-electron chi connectivity index (χ0n) is 10.7. The van der Waals surface area contributed by atoms with Gasteiger partial charge in [0.15, 0.2) is 5.82 Å². The van der Waals surface area contributed by atoms with Crippen LogP contribution >= 0.6 is 0 Å². The van der Waals surface area contributed by atoms with Crippen LogP contribution in [-0.4, -0.2) is 16.6 Å². The van der Waals surface area contributed by atoms with Crippen molar-refractivity contribution in [3.63, 3.8) is 0 Å². The molecule has 1 aromatic carbocycles. The summed E-state index contributed by atoms with van der Waals surface area (Å²) >= 11 is 0. The van der Waals surface area contributed by atoms with Crippen molar-refractivity contribution in [3.05, 3.63) is 42.6 Å². The second kappa shape index (κ2) is 6.74. The molecule has 0 saturated carbocycles. The topological polar surface area (TPSA) is 35.0 Å². The van der Waals surface area contributed by atoms with Crippen LogP contribution in [0.4, 0.5) is 0 Å². The molecule has 0 amide bonds. The van der Waals surface area contributed by atoms with Crippen LogP contribution < -0.4 is 4.74 Å². The van der Waals surface area contributed by atoms with Gasteiger partial charge in [-0.05, 0) is 6.42 Å². The largest absolute Gasteiger partial charge is 0.478 e. The number of ether oxygens (including phenoxy) is 1. The highest BCUT2D eigenvalue weighted by atomic mass is 16.5. The molecule has 0 aliphatic rings. The summed E-state index contributed by atoms with van der Waals surface area (Å²) in [5.41, 5.74) is 1.01. The van der Waals surface area contributed by atoms with Crippen molar-refractivity contribution in [2.45, 2.75) is 26.2 Å². The van der Waals surface area contributed by atoms with E-state index in [-0.39, 0.29) is 0 Å². The number of hydrogen-bond donors (Lipinski definition) is 0. The Morgan fingerprint density at radius 3 is 2.67 bits per heavy atom. The van der Waals surface area contributed by atoms with E-state index in [0.717, 1.165) is 18.6 Å². The molecule has 0 saturated heterocycles. The summed E-state index contributed by atoms with van der Waals surface area (Å²) in [5.74, 6) is 1.36. The second-order valence-corrected chi connectivity index (χ2v) is 4.14. The Labute approximate surface area is 108 Å². The van der Waals surface area contributed by atoms with Crippen LogP contribution in [-0.2, 0) is 0 Å². The molecule has 0 fully saturated rings. The molecule has 0 aliphatic carbocycles. The van der Waals surface area contributed by atoms with Gasteiger partial charge in [-0.2, -0.15) is 4.98 Å². The maximum atomic E-state index is 5.62. The number of hydrogen-bond acceptors (Lipinski definition) is 3. The predicted octanol–water partition coefficient (Wildman–Crippen LogP) is 3.71. The Bertz CT molecular complexity index is 471. The molecular weight excluding hydrogens is 224 g/mol. The molecule has 0 N–H and O–H groups in total. The van der Waals surface area contributed by atoms with Gasteiger partial charge < -0.3 is 4.74 Å². The smallest absolute Gasteiger partial charge is 0.216 e. The maximum absolute atomic E-state index is 5.62. The summed E-state index contributed by atoms with van der Waals surface area (Å²) in [5, 5.41) is 0. The van der Waals surface area contributed by atoms with Gasteiger partial charge in [0.2, 0.25) is 5.88 Å². The minimum absolute atomic E-state index is 0.653. The maximum Gasteiger partial charge on any atom is 0.216 e. The van der Waals surface area contributed by atoms with E-state index < -0.39 is 0 Å². The predicted molar refractivity (Wildman–Crippen MR) is 72.5 cm³/mol. The van der Waals surface area contributed by atoms with Gasteiger partial charge in [0.25, 0.3) is 0 Å². The molecule has 3 heteroatoms. The van der Waals surface area contributed by atoms with Gasteiger partial charge in [-0.1, -0.05) is 50.1 Å². The van der Waals surface area contributed by atoms with Crippen LogP contribution in [0.15, 0.2) is 42.6 Å². The van der Waals surface area contributed by atoms with Crippen molar-refractivity contribution in [1.82, 2.24) is 9.97 Å². The highest BCUT2D eigenvalue weighted by Gasteiger charge is 2.02. The SMILES string of the molecule is CCCCCOc1ccnc(-c2ccccc2)n1. The lowest BCUT2D eigenvalue weighted by Crippen LogP contribution is -2.00. The van der Waals surface area contributed by atoms with Gasteiger partial charge in [-0.3, -0.25) is 0 Å². The minimum Gasteiger partial charge on any atom is -0.478 e. The van der Waals surface area contributed by atoms with Crippen molar-refractivity contribution in [2.24, 2.45) is 0 Å². The summed E-state index contributed by atoms with van der Waals surface area (Å²) in [4.78, 5) is 8.67. The molecule has 0 bridgehead atoms. The van der Waals surface area contributed by atoms with Gasteiger partial charge >= 0.3 is 0 Å². The summed E-state index contributed by atoms with van der Waals surface area (Å²) in [6, 6.07) is 11.7. The third kappa shape index (κ3) is 3.55. The van der Waals surface area contributed by atoms with Crippen molar-refractivity contribution < 1.29 is 4.74 Å². The Morgan fingerprint density at radius 2 is 1.89 bits per heavy atom. The molecule has 0 aliphatic heterocycles. The fraction of sp³-hybridized carbons (Fsp3) is 0.333. The molecule has 1 aromatic heterocycles. The monoisotopic (exact) mass is 242 g/mol. The molecule has 1 heterocycles. The zero-order valence-corrected chi connectivity index (χ0v) is 10.7. The fourth-order valence-electron chi connectivity index (χ4n) is 1.68. The third-order valence-corrected chi connectivity index (χ3v) is 2.66. The highest BCUT2D eigenvalue weighted by molar-refractivity contribution is 5.54. The van der Waals surface area contributed by atoms with E-state index in [1.165, 1.54) is 12.8 Å². The third-order valence-electron chi connectivity index (χ3n) is 2.66. The van der Waals surface area contributed by atoms with E-state index in [1.54, 1.807) is 12.3 Å². The van der Waals surface area contributed by atoms with Gasteiger partial charge in [0.05, 0.1) is 6.61 Å². The Morgan fingerprint density at radius 1 is 1.06 bits per heavy atom. The van der Waals surface area contributed by atoms with Gasteiger partial charge in [0.1, 0.15) is 0 Å². The Kier molecular flexibility index (Phi) is 4.70. The van der Waals surface area contributed by atoms with E-state index in [2.05, 4.69) is 16.9 Å². The summed E-state index contributed by atoms with van der Waals surface area (Å²) in [6.07, 6.45) is 5.20. The van der Waals surface area contributed by atoms with E-state index in [0.29, 0.717) is 11.7 Å².